The fourth-order valence-corrected chi connectivity index (χ4v) is 1.62. The molecule has 2 heterocycles. The summed E-state index contributed by atoms with van der Waals surface area (Å²) in [6.45, 7) is -0.0569. The van der Waals surface area contributed by atoms with Crippen LogP contribution < -0.4 is 10.9 Å². The van der Waals surface area contributed by atoms with Crippen molar-refractivity contribution in [3.63, 3.8) is 0 Å². The molecule has 0 saturated carbocycles. The Morgan fingerprint density at radius 3 is 2.94 bits per heavy atom. The molecule has 7 nitrogen and oxygen atoms in total. The number of aryl methyl sites for hydroxylation is 1. The van der Waals surface area contributed by atoms with E-state index < -0.39 is 5.56 Å². The van der Waals surface area contributed by atoms with Gasteiger partial charge < -0.3 is 10.4 Å². The van der Waals surface area contributed by atoms with Crippen molar-refractivity contribution in [1.82, 2.24) is 19.6 Å². The van der Waals surface area contributed by atoms with Crippen LogP contribution in [0.1, 0.15) is 0 Å². The first-order valence-electron chi connectivity index (χ1n) is 5.25. The van der Waals surface area contributed by atoms with Gasteiger partial charge in [0.25, 0.3) is 5.56 Å². The van der Waals surface area contributed by atoms with E-state index in [9.17, 15) is 4.79 Å². The Hall–Kier alpha value is -1.86. The highest BCUT2D eigenvalue weighted by Crippen LogP contribution is 2.19. The first kappa shape index (κ1) is 12.6. The van der Waals surface area contributed by atoms with E-state index in [-0.39, 0.29) is 18.2 Å². The van der Waals surface area contributed by atoms with Crippen molar-refractivity contribution in [2.75, 3.05) is 11.9 Å². The monoisotopic (exact) mass is 269 g/mol. The Bertz CT molecular complexity index is 607. The van der Waals surface area contributed by atoms with Crippen molar-refractivity contribution >= 4 is 23.1 Å². The van der Waals surface area contributed by atoms with Gasteiger partial charge in [-0.1, -0.05) is 11.6 Å². The number of hydrogen-bond acceptors (Lipinski definition) is 5. The van der Waals surface area contributed by atoms with Gasteiger partial charge in [0.05, 0.1) is 25.0 Å². The van der Waals surface area contributed by atoms with E-state index in [2.05, 4.69) is 15.5 Å². The van der Waals surface area contributed by atoms with Gasteiger partial charge in [0.15, 0.2) is 5.82 Å². The zero-order valence-electron chi connectivity index (χ0n) is 9.67. The maximum Gasteiger partial charge on any atom is 0.287 e. The van der Waals surface area contributed by atoms with Gasteiger partial charge in [-0.15, -0.1) is 0 Å². The molecule has 0 saturated heterocycles. The molecule has 0 unspecified atom stereocenters. The van der Waals surface area contributed by atoms with Gasteiger partial charge in [0.2, 0.25) is 0 Å². The highest BCUT2D eigenvalue weighted by molar-refractivity contribution is 6.33. The van der Waals surface area contributed by atoms with Crippen LogP contribution in [0.15, 0.2) is 23.3 Å². The van der Waals surface area contributed by atoms with Crippen LogP contribution in [0.5, 0.6) is 0 Å². The molecule has 0 aliphatic carbocycles. The summed E-state index contributed by atoms with van der Waals surface area (Å²) in [5.41, 5.74) is -0.0683. The third kappa shape index (κ3) is 2.52. The number of hydrogen-bond donors (Lipinski definition) is 2. The number of nitrogens with one attached hydrogen (secondary N) is 1. The molecule has 2 N–H and O–H groups in total. The van der Waals surface area contributed by atoms with Crippen molar-refractivity contribution in [2.24, 2.45) is 7.05 Å². The van der Waals surface area contributed by atoms with Gasteiger partial charge in [-0.3, -0.25) is 9.48 Å². The minimum Gasteiger partial charge on any atom is -0.394 e. The summed E-state index contributed by atoms with van der Waals surface area (Å²) in [6, 6.07) is 1.75. The fraction of sp³-hybridized carbons (Fsp3) is 0.300. The second kappa shape index (κ2) is 5.19. The van der Waals surface area contributed by atoms with Crippen LogP contribution in [0.3, 0.4) is 0 Å². The topological polar surface area (TPSA) is 85.0 Å². The zero-order chi connectivity index (χ0) is 13.1. The van der Waals surface area contributed by atoms with Crippen LogP contribution in [-0.4, -0.2) is 31.3 Å². The van der Waals surface area contributed by atoms with Gasteiger partial charge in [-0.2, -0.15) is 10.2 Å². The van der Waals surface area contributed by atoms with E-state index >= 15 is 0 Å². The van der Waals surface area contributed by atoms with Crippen LogP contribution in [0.2, 0.25) is 5.02 Å². The third-order valence-corrected chi connectivity index (χ3v) is 2.64. The molecule has 0 fully saturated rings. The molecule has 0 spiro atoms. The van der Waals surface area contributed by atoms with Gasteiger partial charge in [-0.05, 0) is 0 Å². The van der Waals surface area contributed by atoms with Gasteiger partial charge in [-0.25, -0.2) is 4.68 Å². The smallest absolute Gasteiger partial charge is 0.287 e. The number of rotatable bonds is 4. The molecule has 0 bridgehead atoms. The Labute approximate surface area is 108 Å². The highest BCUT2D eigenvalue weighted by Gasteiger charge is 2.09. The normalized spacial score (nSPS) is 10.6. The summed E-state index contributed by atoms with van der Waals surface area (Å²) < 4.78 is 2.72. The lowest BCUT2D eigenvalue weighted by molar-refractivity contribution is 0.266. The average Bonchev–Trinajstić information content (AvgIpc) is 2.75. The molecule has 2 rings (SSSR count). The highest BCUT2D eigenvalue weighted by atomic mass is 35.5. The summed E-state index contributed by atoms with van der Waals surface area (Å²) in [4.78, 5) is 11.8. The number of aromatic nitrogens is 4. The Morgan fingerprint density at radius 2 is 2.33 bits per heavy atom. The minimum absolute atomic E-state index is 0.0177. The average molecular weight is 270 g/mol. The minimum atomic E-state index is -0.452. The van der Waals surface area contributed by atoms with E-state index in [1.165, 1.54) is 6.20 Å². The summed E-state index contributed by atoms with van der Waals surface area (Å²) in [6.07, 6.45) is 3.19. The first-order valence-corrected chi connectivity index (χ1v) is 5.63. The van der Waals surface area contributed by atoms with E-state index in [4.69, 9.17) is 16.7 Å². The zero-order valence-corrected chi connectivity index (χ0v) is 10.4. The van der Waals surface area contributed by atoms with Crippen molar-refractivity contribution in [2.45, 2.75) is 6.54 Å². The SMILES string of the molecule is Cn1ccc(Nc2cnn(CCO)c(=O)c2Cl)n1. The molecule has 0 aromatic carbocycles. The van der Waals surface area contributed by atoms with Crippen LogP contribution in [0, 0.1) is 0 Å². The standard InChI is InChI=1S/C10H12ClN5O2/c1-15-3-2-8(14-15)13-7-6-12-16(4-5-17)10(18)9(7)11/h2-3,6,17H,4-5H2,1H3,(H,13,14). The second-order valence-electron chi connectivity index (χ2n) is 3.62. The quantitative estimate of drug-likeness (QED) is 0.837. The summed E-state index contributed by atoms with van der Waals surface area (Å²) in [7, 11) is 1.78. The third-order valence-electron chi connectivity index (χ3n) is 2.27. The van der Waals surface area contributed by atoms with Crippen molar-refractivity contribution in [3.8, 4) is 0 Å². The Balaban J connectivity index is 2.30. The Morgan fingerprint density at radius 1 is 1.56 bits per heavy atom. The molecule has 0 atom stereocenters. The maximum absolute atomic E-state index is 11.8. The van der Waals surface area contributed by atoms with Crippen molar-refractivity contribution in [3.05, 3.63) is 33.8 Å². The molecule has 2 aromatic rings. The fourth-order valence-electron chi connectivity index (χ4n) is 1.43. The van der Waals surface area contributed by atoms with Gasteiger partial charge in [0, 0.05) is 19.3 Å². The lowest BCUT2D eigenvalue weighted by Crippen LogP contribution is -2.25. The molecule has 0 radical (unpaired) electrons. The molecule has 0 amide bonds. The number of aliphatic hydroxyl groups excluding tert-OH is 1. The van der Waals surface area contributed by atoms with Crippen LogP contribution in [0.4, 0.5) is 11.5 Å². The molecule has 18 heavy (non-hydrogen) atoms. The van der Waals surface area contributed by atoms with Crippen molar-refractivity contribution < 1.29 is 5.11 Å². The largest absolute Gasteiger partial charge is 0.394 e. The van der Waals surface area contributed by atoms with Crippen LogP contribution in [0.25, 0.3) is 0 Å². The maximum atomic E-state index is 11.8. The lowest BCUT2D eigenvalue weighted by atomic mass is 10.4. The van der Waals surface area contributed by atoms with Crippen LogP contribution in [-0.2, 0) is 13.6 Å². The van der Waals surface area contributed by atoms with Gasteiger partial charge >= 0.3 is 0 Å². The number of aliphatic hydroxyl groups is 1. The number of halogens is 1. The predicted molar refractivity (Wildman–Crippen MR) is 67.1 cm³/mol. The number of anilines is 2. The van der Waals surface area contributed by atoms with E-state index in [1.54, 1.807) is 24.0 Å². The number of nitrogens with zero attached hydrogens (tertiary/aromatic N) is 4. The summed E-state index contributed by atoms with van der Waals surface area (Å²) in [5, 5.41) is 19.7. The molecule has 96 valence electrons. The summed E-state index contributed by atoms with van der Waals surface area (Å²) >= 11 is 5.94. The molecule has 0 aliphatic rings. The molecule has 8 heteroatoms. The van der Waals surface area contributed by atoms with E-state index in [0.717, 1.165) is 4.68 Å². The Kier molecular flexibility index (Phi) is 3.63. The lowest BCUT2D eigenvalue weighted by Gasteiger charge is -2.07. The summed E-state index contributed by atoms with van der Waals surface area (Å²) in [5.74, 6) is 0.570. The molecule has 0 aliphatic heterocycles. The van der Waals surface area contributed by atoms with Crippen molar-refractivity contribution in [1.29, 1.82) is 0 Å². The second-order valence-corrected chi connectivity index (χ2v) is 4.00. The predicted octanol–water partition coefficient (Wildman–Crippen LogP) is 0.366. The van der Waals surface area contributed by atoms with E-state index in [1.807, 2.05) is 0 Å². The molecule has 2 aromatic heterocycles. The van der Waals surface area contributed by atoms with E-state index in [0.29, 0.717) is 11.5 Å². The van der Waals surface area contributed by atoms with Crippen LogP contribution >= 0.6 is 11.6 Å². The van der Waals surface area contributed by atoms with Gasteiger partial charge in [0.1, 0.15) is 5.02 Å². The molecular weight excluding hydrogens is 258 g/mol. The first-order chi connectivity index (χ1) is 8.61. The molecular formula is C10H12ClN5O2.